The summed E-state index contributed by atoms with van der Waals surface area (Å²) >= 11 is 6.08. The highest BCUT2D eigenvalue weighted by molar-refractivity contribution is 6.33. The van der Waals surface area contributed by atoms with Crippen LogP contribution in [0.1, 0.15) is 10.4 Å². The normalized spacial score (nSPS) is 13.2. The fourth-order valence-corrected chi connectivity index (χ4v) is 2.30. The predicted molar refractivity (Wildman–Crippen MR) is 65.1 cm³/mol. The molecule has 0 aliphatic carbocycles. The average Bonchev–Trinajstić information content (AvgIpc) is 2.72. The molecule has 1 aromatic carbocycles. The molecule has 1 aliphatic rings. The van der Waals surface area contributed by atoms with Gasteiger partial charge in [-0.05, 0) is 12.1 Å². The minimum absolute atomic E-state index is 0.136. The summed E-state index contributed by atoms with van der Waals surface area (Å²) in [6.45, 7) is 1.13. The molecule has 1 N–H and O–H groups in total. The molecule has 92 valence electrons. The van der Waals surface area contributed by atoms with Gasteiger partial charge in [0.05, 0.1) is 35.3 Å². The quantitative estimate of drug-likeness (QED) is 0.858. The van der Waals surface area contributed by atoms with Gasteiger partial charge in [-0.1, -0.05) is 11.6 Å². The number of ether oxygens (including phenoxy) is 1. The molecule has 0 bridgehead atoms. The summed E-state index contributed by atoms with van der Waals surface area (Å²) in [6.07, 6.45) is 3.37. The number of carbonyl (C=O) groups is 1. The van der Waals surface area contributed by atoms with E-state index >= 15 is 0 Å². The molecular formula is C12H9ClN2O3. The maximum absolute atomic E-state index is 11.1. The molecule has 0 fully saturated rings. The molecule has 18 heavy (non-hydrogen) atoms. The third kappa shape index (κ3) is 1.64. The van der Waals surface area contributed by atoms with Gasteiger partial charge < -0.3 is 14.4 Å². The molecule has 1 aliphatic heterocycles. The van der Waals surface area contributed by atoms with Crippen LogP contribution < -0.4 is 4.74 Å². The van der Waals surface area contributed by atoms with E-state index in [0.29, 0.717) is 29.5 Å². The van der Waals surface area contributed by atoms with Crippen molar-refractivity contribution in [2.24, 2.45) is 0 Å². The lowest BCUT2D eigenvalue weighted by atomic mass is 10.1. The van der Waals surface area contributed by atoms with E-state index in [1.807, 2.05) is 4.57 Å². The van der Waals surface area contributed by atoms with E-state index < -0.39 is 5.97 Å². The van der Waals surface area contributed by atoms with Crippen molar-refractivity contribution >= 4 is 17.6 Å². The minimum atomic E-state index is -1.02. The van der Waals surface area contributed by atoms with Crippen molar-refractivity contribution in [2.75, 3.05) is 6.61 Å². The Kier molecular flexibility index (Phi) is 2.48. The van der Waals surface area contributed by atoms with Crippen molar-refractivity contribution < 1.29 is 14.6 Å². The summed E-state index contributed by atoms with van der Waals surface area (Å²) in [5.74, 6) is -0.504. The van der Waals surface area contributed by atoms with Gasteiger partial charge >= 0.3 is 5.97 Å². The number of carboxylic acid groups (broad SMARTS) is 1. The minimum Gasteiger partial charge on any atom is -0.489 e. The SMILES string of the molecule is O=C(O)c1cc(Cl)c2c(c1)-c1cncn1CCO2. The molecule has 0 saturated carbocycles. The van der Waals surface area contributed by atoms with Crippen LogP contribution in [-0.2, 0) is 6.54 Å². The molecule has 0 radical (unpaired) electrons. The van der Waals surface area contributed by atoms with E-state index in [1.54, 1.807) is 18.6 Å². The zero-order chi connectivity index (χ0) is 12.7. The number of rotatable bonds is 1. The Labute approximate surface area is 108 Å². The molecule has 0 atom stereocenters. The number of carboxylic acids is 1. The number of hydrogen-bond acceptors (Lipinski definition) is 3. The molecule has 0 amide bonds. The van der Waals surface area contributed by atoms with Crippen LogP contribution in [0, 0.1) is 0 Å². The molecule has 0 unspecified atom stereocenters. The van der Waals surface area contributed by atoms with Crippen LogP contribution in [0.3, 0.4) is 0 Å². The number of halogens is 1. The zero-order valence-electron chi connectivity index (χ0n) is 9.26. The van der Waals surface area contributed by atoms with Crippen molar-refractivity contribution in [2.45, 2.75) is 6.54 Å². The Morgan fingerprint density at radius 3 is 3.11 bits per heavy atom. The number of imidazole rings is 1. The van der Waals surface area contributed by atoms with Crippen molar-refractivity contribution in [3.05, 3.63) is 35.2 Å². The molecular weight excluding hydrogens is 256 g/mol. The van der Waals surface area contributed by atoms with Crippen molar-refractivity contribution in [3.8, 4) is 17.0 Å². The Morgan fingerprint density at radius 1 is 1.50 bits per heavy atom. The molecule has 3 rings (SSSR count). The highest BCUT2D eigenvalue weighted by atomic mass is 35.5. The second-order valence-corrected chi connectivity index (χ2v) is 4.37. The van der Waals surface area contributed by atoms with E-state index in [-0.39, 0.29) is 5.56 Å². The summed E-state index contributed by atoms with van der Waals surface area (Å²) in [5, 5.41) is 9.36. The third-order valence-electron chi connectivity index (χ3n) is 2.86. The molecule has 1 aromatic heterocycles. The standard InChI is InChI=1S/C12H9ClN2O3/c13-9-4-7(12(16)17)3-8-10-5-14-6-15(10)1-2-18-11(8)9/h3-6H,1-2H2,(H,16,17). The van der Waals surface area contributed by atoms with E-state index in [4.69, 9.17) is 21.4 Å². The van der Waals surface area contributed by atoms with E-state index in [2.05, 4.69) is 4.98 Å². The maximum Gasteiger partial charge on any atom is 0.335 e. The maximum atomic E-state index is 11.1. The largest absolute Gasteiger partial charge is 0.489 e. The molecule has 2 heterocycles. The molecule has 0 saturated heterocycles. The summed E-state index contributed by atoms with van der Waals surface area (Å²) in [6, 6.07) is 2.96. The van der Waals surface area contributed by atoms with Gasteiger partial charge in [0, 0.05) is 5.56 Å². The second kappa shape index (κ2) is 4.03. The van der Waals surface area contributed by atoms with Crippen molar-refractivity contribution in [1.29, 1.82) is 0 Å². The Morgan fingerprint density at radius 2 is 2.33 bits per heavy atom. The Balaban J connectivity index is 2.28. The fraction of sp³-hybridized carbons (Fsp3) is 0.167. The summed E-state index contributed by atoms with van der Waals surface area (Å²) < 4.78 is 7.49. The van der Waals surface area contributed by atoms with Gasteiger partial charge in [0.1, 0.15) is 12.4 Å². The van der Waals surface area contributed by atoms with Gasteiger partial charge in [0.2, 0.25) is 0 Å². The second-order valence-electron chi connectivity index (χ2n) is 3.96. The first kappa shape index (κ1) is 11.1. The first-order valence-corrected chi connectivity index (χ1v) is 5.75. The number of fused-ring (bicyclic) bond motifs is 3. The first-order chi connectivity index (χ1) is 8.66. The highest BCUT2D eigenvalue weighted by Gasteiger charge is 2.20. The first-order valence-electron chi connectivity index (χ1n) is 5.37. The monoisotopic (exact) mass is 264 g/mol. The number of hydrogen-bond donors (Lipinski definition) is 1. The van der Waals surface area contributed by atoms with Gasteiger partial charge in [-0.3, -0.25) is 0 Å². The van der Waals surface area contributed by atoms with E-state index in [0.717, 1.165) is 5.69 Å². The van der Waals surface area contributed by atoms with Gasteiger partial charge in [0.25, 0.3) is 0 Å². The number of aromatic nitrogens is 2. The lowest BCUT2D eigenvalue weighted by Crippen LogP contribution is -2.04. The highest BCUT2D eigenvalue weighted by Crippen LogP contribution is 2.38. The predicted octanol–water partition coefficient (Wildman–Crippen LogP) is 2.29. The summed E-state index contributed by atoms with van der Waals surface area (Å²) in [4.78, 5) is 15.1. The van der Waals surface area contributed by atoms with Crippen LogP contribution >= 0.6 is 11.6 Å². The third-order valence-corrected chi connectivity index (χ3v) is 3.14. The Hall–Kier alpha value is -2.01. The van der Waals surface area contributed by atoms with Gasteiger partial charge in [-0.2, -0.15) is 0 Å². The lowest BCUT2D eigenvalue weighted by Gasteiger charge is -2.09. The lowest BCUT2D eigenvalue weighted by molar-refractivity contribution is 0.0697. The van der Waals surface area contributed by atoms with Crippen LogP contribution in [0.5, 0.6) is 5.75 Å². The Bertz CT molecular complexity index is 636. The summed E-state index contributed by atoms with van der Waals surface area (Å²) in [7, 11) is 0. The van der Waals surface area contributed by atoms with Crippen LogP contribution in [0.25, 0.3) is 11.3 Å². The van der Waals surface area contributed by atoms with Crippen LogP contribution in [0.2, 0.25) is 5.02 Å². The number of aromatic carboxylic acids is 1. The topological polar surface area (TPSA) is 64.3 Å². The number of nitrogens with zero attached hydrogens (tertiary/aromatic N) is 2. The van der Waals surface area contributed by atoms with Crippen LogP contribution in [-0.4, -0.2) is 27.2 Å². The summed E-state index contributed by atoms with van der Waals surface area (Å²) in [5.41, 5.74) is 1.61. The van der Waals surface area contributed by atoms with Crippen LogP contribution in [0.15, 0.2) is 24.7 Å². The van der Waals surface area contributed by atoms with Gasteiger partial charge in [0.15, 0.2) is 0 Å². The molecule has 6 heteroatoms. The van der Waals surface area contributed by atoms with Gasteiger partial charge in [-0.15, -0.1) is 0 Å². The van der Waals surface area contributed by atoms with Crippen LogP contribution in [0.4, 0.5) is 0 Å². The average molecular weight is 265 g/mol. The van der Waals surface area contributed by atoms with Gasteiger partial charge in [-0.25, -0.2) is 9.78 Å². The van der Waals surface area contributed by atoms with E-state index in [9.17, 15) is 4.79 Å². The smallest absolute Gasteiger partial charge is 0.335 e. The molecule has 2 aromatic rings. The number of benzene rings is 1. The molecule has 5 nitrogen and oxygen atoms in total. The van der Waals surface area contributed by atoms with Crippen molar-refractivity contribution in [1.82, 2.24) is 9.55 Å². The molecule has 0 spiro atoms. The fourth-order valence-electron chi connectivity index (χ4n) is 2.02. The zero-order valence-corrected chi connectivity index (χ0v) is 10.0. The van der Waals surface area contributed by atoms with Crippen molar-refractivity contribution in [3.63, 3.8) is 0 Å². The van der Waals surface area contributed by atoms with E-state index in [1.165, 1.54) is 6.07 Å².